The first-order valence-corrected chi connectivity index (χ1v) is 7.71. The minimum Gasteiger partial charge on any atom is -0.348 e. The van der Waals surface area contributed by atoms with Crippen molar-refractivity contribution in [3.05, 3.63) is 51.4 Å². The van der Waals surface area contributed by atoms with Crippen LogP contribution in [-0.2, 0) is 11.3 Å². The lowest BCUT2D eigenvalue weighted by atomic mass is 10.1. The molecule has 1 saturated carbocycles. The highest BCUT2D eigenvalue weighted by Crippen LogP contribution is 2.32. The fraction of sp³-hybridized carbons (Fsp3) is 0.400. The summed E-state index contributed by atoms with van der Waals surface area (Å²) in [6, 6.07) is 4.17. The third-order valence-corrected chi connectivity index (χ3v) is 4.12. The Hall–Kier alpha value is -2.15. The molecule has 6 nitrogen and oxygen atoms in total. The lowest BCUT2D eigenvalue weighted by molar-refractivity contribution is -0.122. The van der Waals surface area contributed by atoms with Crippen molar-refractivity contribution in [3.8, 4) is 0 Å². The SMILES string of the molecule is C[C@H](NC(=O)Cn1ncn(C2CC2)c1=O)c1ccc(Cl)c(F)c1. The molecule has 23 heavy (non-hydrogen) atoms. The summed E-state index contributed by atoms with van der Waals surface area (Å²) in [5.41, 5.74) is 0.309. The van der Waals surface area contributed by atoms with E-state index >= 15 is 0 Å². The molecule has 0 saturated heterocycles. The first-order chi connectivity index (χ1) is 11.0. The summed E-state index contributed by atoms with van der Waals surface area (Å²) in [5.74, 6) is -0.902. The first-order valence-electron chi connectivity index (χ1n) is 7.34. The van der Waals surface area contributed by atoms with Crippen LogP contribution < -0.4 is 11.0 Å². The molecule has 1 aromatic heterocycles. The highest BCUT2D eigenvalue weighted by molar-refractivity contribution is 6.30. The van der Waals surface area contributed by atoms with Gasteiger partial charge in [-0.05, 0) is 37.5 Å². The van der Waals surface area contributed by atoms with E-state index in [-0.39, 0.29) is 29.2 Å². The summed E-state index contributed by atoms with van der Waals surface area (Å²) in [6.45, 7) is 1.56. The van der Waals surface area contributed by atoms with E-state index in [1.807, 2.05) is 0 Å². The van der Waals surface area contributed by atoms with E-state index < -0.39 is 11.9 Å². The van der Waals surface area contributed by atoms with Gasteiger partial charge >= 0.3 is 5.69 Å². The molecular weight excluding hydrogens is 323 g/mol. The van der Waals surface area contributed by atoms with Crippen molar-refractivity contribution in [1.29, 1.82) is 0 Å². The minimum atomic E-state index is -0.537. The van der Waals surface area contributed by atoms with Crippen LogP contribution in [0.3, 0.4) is 0 Å². The molecule has 8 heteroatoms. The topological polar surface area (TPSA) is 68.9 Å². The molecule has 1 heterocycles. The van der Waals surface area contributed by atoms with Gasteiger partial charge in [0.15, 0.2) is 0 Å². The van der Waals surface area contributed by atoms with Crippen LogP contribution in [0.2, 0.25) is 5.02 Å². The standard InChI is InChI=1S/C15H16ClFN4O2/c1-9(10-2-5-12(16)13(17)6-10)19-14(22)7-21-15(23)20(8-18-21)11-3-4-11/h2,5-6,8-9,11H,3-4,7H2,1H3,(H,19,22)/t9-/m0/s1. The van der Waals surface area contributed by atoms with E-state index in [0.717, 1.165) is 17.5 Å². The molecule has 1 atom stereocenters. The molecular formula is C15H16ClFN4O2. The number of benzene rings is 1. The summed E-state index contributed by atoms with van der Waals surface area (Å²) in [5, 5.41) is 6.70. The van der Waals surface area contributed by atoms with Gasteiger partial charge < -0.3 is 5.32 Å². The van der Waals surface area contributed by atoms with E-state index in [1.165, 1.54) is 18.5 Å². The number of amides is 1. The number of aromatic nitrogens is 3. The van der Waals surface area contributed by atoms with Crippen LogP contribution in [0.5, 0.6) is 0 Å². The van der Waals surface area contributed by atoms with E-state index in [0.29, 0.717) is 5.56 Å². The lowest BCUT2D eigenvalue weighted by Crippen LogP contribution is -2.34. The van der Waals surface area contributed by atoms with Gasteiger partial charge in [-0.1, -0.05) is 17.7 Å². The fourth-order valence-corrected chi connectivity index (χ4v) is 2.47. The van der Waals surface area contributed by atoms with Crippen molar-refractivity contribution in [2.75, 3.05) is 0 Å². The predicted molar refractivity (Wildman–Crippen MR) is 82.7 cm³/mol. The second-order valence-corrected chi connectivity index (χ2v) is 6.08. The number of carbonyl (C=O) groups is 1. The third kappa shape index (κ3) is 3.44. The highest BCUT2D eigenvalue weighted by atomic mass is 35.5. The molecule has 0 bridgehead atoms. The normalized spacial score (nSPS) is 15.4. The van der Waals surface area contributed by atoms with E-state index in [9.17, 15) is 14.0 Å². The Morgan fingerprint density at radius 2 is 2.26 bits per heavy atom. The van der Waals surface area contributed by atoms with Crippen LogP contribution in [0.4, 0.5) is 4.39 Å². The number of carbonyl (C=O) groups excluding carboxylic acids is 1. The van der Waals surface area contributed by atoms with Crippen molar-refractivity contribution in [2.24, 2.45) is 0 Å². The van der Waals surface area contributed by atoms with Crippen molar-refractivity contribution >= 4 is 17.5 Å². The Morgan fingerprint density at radius 1 is 1.52 bits per heavy atom. The molecule has 1 aliphatic rings. The average Bonchev–Trinajstić information content (AvgIpc) is 3.28. The van der Waals surface area contributed by atoms with Crippen LogP contribution in [0, 0.1) is 5.82 Å². The zero-order chi connectivity index (χ0) is 16.6. The maximum atomic E-state index is 13.5. The summed E-state index contributed by atoms with van der Waals surface area (Å²) in [4.78, 5) is 24.1. The number of rotatable bonds is 5. The molecule has 1 fully saturated rings. The Kier molecular flexibility index (Phi) is 4.21. The van der Waals surface area contributed by atoms with Gasteiger partial charge in [-0.15, -0.1) is 0 Å². The van der Waals surface area contributed by atoms with Crippen LogP contribution in [0.1, 0.15) is 37.4 Å². The molecule has 3 rings (SSSR count). The largest absolute Gasteiger partial charge is 0.348 e. The predicted octanol–water partition coefficient (Wildman–Crippen LogP) is 2.05. The van der Waals surface area contributed by atoms with Crippen LogP contribution in [-0.4, -0.2) is 20.3 Å². The molecule has 1 aromatic carbocycles. The van der Waals surface area contributed by atoms with Crippen molar-refractivity contribution in [1.82, 2.24) is 19.7 Å². The van der Waals surface area contributed by atoms with Gasteiger partial charge in [0.1, 0.15) is 18.7 Å². The molecule has 1 amide bonds. The maximum absolute atomic E-state index is 13.5. The number of nitrogens with zero attached hydrogens (tertiary/aromatic N) is 3. The van der Waals surface area contributed by atoms with Crippen LogP contribution in [0.25, 0.3) is 0 Å². The number of hydrogen-bond acceptors (Lipinski definition) is 3. The number of nitrogens with one attached hydrogen (secondary N) is 1. The Balaban J connectivity index is 1.64. The molecule has 0 aliphatic heterocycles. The summed E-state index contributed by atoms with van der Waals surface area (Å²) >= 11 is 5.64. The van der Waals surface area contributed by atoms with Gasteiger partial charge in [0.2, 0.25) is 5.91 Å². The van der Waals surface area contributed by atoms with Crippen molar-refractivity contribution in [2.45, 2.75) is 38.4 Å². The van der Waals surface area contributed by atoms with Gasteiger partial charge in [0.25, 0.3) is 0 Å². The summed E-state index contributed by atoms with van der Waals surface area (Å²) in [6.07, 6.45) is 3.40. The zero-order valence-corrected chi connectivity index (χ0v) is 13.3. The Labute approximate surface area is 136 Å². The molecule has 0 unspecified atom stereocenters. The second kappa shape index (κ2) is 6.16. The Morgan fingerprint density at radius 3 is 2.91 bits per heavy atom. The molecule has 0 spiro atoms. The van der Waals surface area contributed by atoms with Gasteiger partial charge in [0.05, 0.1) is 11.1 Å². The molecule has 1 aliphatic carbocycles. The third-order valence-electron chi connectivity index (χ3n) is 3.81. The summed E-state index contributed by atoms with van der Waals surface area (Å²) in [7, 11) is 0. The van der Waals surface area contributed by atoms with Gasteiger partial charge in [0, 0.05) is 6.04 Å². The van der Waals surface area contributed by atoms with E-state index in [2.05, 4.69) is 10.4 Å². The maximum Gasteiger partial charge on any atom is 0.346 e. The van der Waals surface area contributed by atoms with Gasteiger partial charge in [-0.25, -0.2) is 13.9 Å². The molecule has 122 valence electrons. The fourth-order valence-electron chi connectivity index (χ4n) is 2.35. The van der Waals surface area contributed by atoms with Gasteiger partial charge in [-0.2, -0.15) is 5.10 Å². The quantitative estimate of drug-likeness (QED) is 0.907. The van der Waals surface area contributed by atoms with Gasteiger partial charge in [-0.3, -0.25) is 9.36 Å². The minimum absolute atomic E-state index is 0.0319. The average molecular weight is 339 g/mol. The Bertz CT molecular complexity index is 797. The molecule has 1 N–H and O–H groups in total. The van der Waals surface area contributed by atoms with Crippen LogP contribution in [0.15, 0.2) is 29.3 Å². The zero-order valence-electron chi connectivity index (χ0n) is 12.5. The summed E-state index contributed by atoms with van der Waals surface area (Å²) < 4.78 is 16.1. The molecule has 2 aromatic rings. The van der Waals surface area contributed by atoms with E-state index in [4.69, 9.17) is 11.6 Å². The smallest absolute Gasteiger partial charge is 0.346 e. The molecule has 0 radical (unpaired) electrons. The van der Waals surface area contributed by atoms with E-state index in [1.54, 1.807) is 17.6 Å². The first kappa shape index (κ1) is 15.7. The number of halogens is 2. The van der Waals surface area contributed by atoms with Crippen molar-refractivity contribution in [3.63, 3.8) is 0 Å². The number of hydrogen-bond donors (Lipinski definition) is 1. The lowest BCUT2D eigenvalue weighted by Gasteiger charge is -2.14. The van der Waals surface area contributed by atoms with Crippen LogP contribution >= 0.6 is 11.6 Å². The highest BCUT2D eigenvalue weighted by Gasteiger charge is 2.26. The van der Waals surface area contributed by atoms with Crippen molar-refractivity contribution < 1.29 is 9.18 Å². The second-order valence-electron chi connectivity index (χ2n) is 5.67. The monoisotopic (exact) mass is 338 g/mol.